The highest BCUT2D eigenvalue weighted by molar-refractivity contribution is 8.15. The third-order valence-corrected chi connectivity index (χ3v) is 4.60. The third kappa shape index (κ3) is 4.73. The third-order valence-electron chi connectivity index (χ3n) is 3.62. The van der Waals surface area contributed by atoms with Gasteiger partial charge in [-0.25, -0.2) is 4.98 Å². The van der Waals surface area contributed by atoms with Crippen molar-refractivity contribution in [3.05, 3.63) is 54.2 Å². The Morgan fingerprint density at radius 1 is 1.28 bits per heavy atom. The number of hydrogen-bond donors (Lipinski definition) is 1. The summed E-state index contributed by atoms with van der Waals surface area (Å²) in [6.07, 6.45) is 2.00. The van der Waals surface area contributed by atoms with E-state index in [0.717, 1.165) is 17.3 Å². The van der Waals surface area contributed by atoms with Crippen LogP contribution in [0.3, 0.4) is 0 Å². The van der Waals surface area contributed by atoms with E-state index in [4.69, 9.17) is 8.85 Å². The zero-order chi connectivity index (χ0) is 20.1. The van der Waals surface area contributed by atoms with E-state index in [9.17, 15) is 9.59 Å². The Hall–Kier alpha value is -2.54. The van der Waals surface area contributed by atoms with Gasteiger partial charge in [-0.1, -0.05) is 30.0 Å². The number of pyridine rings is 1. The monoisotopic (exact) mass is 361 g/mol. The summed E-state index contributed by atoms with van der Waals surface area (Å²) in [6, 6.07) is 12.3. The maximum Gasteiger partial charge on any atom is 0.286 e. The number of imide groups is 1. The average molecular weight is 361 g/mol. The Balaban J connectivity index is 1.54. The molecule has 0 radical (unpaired) electrons. The summed E-state index contributed by atoms with van der Waals surface area (Å²) in [5.41, 5.74) is 0.910. The molecular weight excluding hydrogens is 339 g/mol. The van der Waals surface area contributed by atoms with Crippen LogP contribution < -0.4 is 15.0 Å². The molecule has 0 aliphatic carbocycles. The van der Waals surface area contributed by atoms with E-state index in [-0.39, 0.29) is 24.3 Å². The van der Waals surface area contributed by atoms with Crippen molar-refractivity contribution in [2.24, 2.45) is 0 Å². The van der Waals surface area contributed by atoms with Crippen molar-refractivity contribution in [2.45, 2.75) is 11.7 Å². The second kappa shape index (κ2) is 8.02. The molecule has 2 heterocycles. The van der Waals surface area contributed by atoms with Crippen LogP contribution in [0.1, 0.15) is 9.68 Å². The van der Waals surface area contributed by atoms with E-state index in [1.807, 2.05) is 12.1 Å². The minimum atomic E-state index is -2.32. The molecule has 25 heavy (non-hydrogen) atoms. The summed E-state index contributed by atoms with van der Waals surface area (Å²) >= 11 is 0.994. The first-order valence-electron chi connectivity index (χ1n) is 9.25. The predicted octanol–water partition coefficient (Wildman–Crippen LogP) is 2.49. The smallest absolute Gasteiger partial charge is 0.286 e. The molecule has 1 N–H and O–H groups in total. The molecule has 1 aromatic heterocycles. The number of nitrogens with zero attached hydrogens (tertiary/aromatic N) is 2. The molecule has 0 saturated carbocycles. The van der Waals surface area contributed by atoms with Crippen molar-refractivity contribution in [3.8, 4) is 5.75 Å². The van der Waals surface area contributed by atoms with Crippen LogP contribution in [-0.2, 0) is 11.2 Å². The Labute approximate surface area is 154 Å². The van der Waals surface area contributed by atoms with E-state index in [0.29, 0.717) is 18.0 Å². The lowest BCUT2D eigenvalue weighted by Crippen LogP contribution is -2.25. The molecule has 1 aliphatic heterocycles. The van der Waals surface area contributed by atoms with Gasteiger partial charge in [-0.3, -0.25) is 14.9 Å². The molecule has 7 heteroatoms. The summed E-state index contributed by atoms with van der Waals surface area (Å²) in [6.45, 7) is -2.00. The molecule has 130 valence electrons. The van der Waals surface area contributed by atoms with Crippen molar-refractivity contribution < 1.29 is 18.4 Å². The molecule has 1 saturated heterocycles. The van der Waals surface area contributed by atoms with Gasteiger partial charge in [-0.2, -0.15) is 0 Å². The van der Waals surface area contributed by atoms with Crippen molar-refractivity contribution in [1.82, 2.24) is 10.3 Å². The molecule has 1 aliphatic rings. The van der Waals surface area contributed by atoms with Gasteiger partial charge in [0.1, 0.15) is 18.2 Å². The molecular formula is C18H19N3O3S. The van der Waals surface area contributed by atoms with Gasteiger partial charge in [-0.05, 0) is 36.2 Å². The van der Waals surface area contributed by atoms with Crippen LogP contribution in [-0.4, -0.2) is 41.5 Å². The van der Waals surface area contributed by atoms with E-state index in [2.05, 4.69) is 10.3 Å². The van der Waals surface area contributed by atoms with Gasteiger partial charge in [-0.15, -0.1) is 0 Å². The number of hydrogen-bond acceptors (Lipinski definition) is 6. The lowest BCUT2D eigenvalue weighted by atomic mass is 10.1. The maximum atomic E-state index is 11.6. The fraction of sp³-hybridized carbons (Fsp3) is 0.278. The van der Waals surface area contributed by atoms with Crippen LogP contribution in [0.2, 0.25) is 0 Å². The first kappa shape index (κ1) is 13.7. The van der Waals surface area contributed by atoms with Crippen molar-refractivity contribution in [1.29, 1.82) is 0 Å². The van der Waals surface area contributed by atoms with Gasteiger partial charge in [0.05, 0.1) is 11.8 Å². The number of carbonyl (C=O) groups is 2. The number of anilines is 1. The summed E-state index contributed by atoms with van der Waals surface area (Å²) < 4.78 is 28.7. The summed E-state index contributed by atoms with van der Waals surface area (Å²) in [7, 11) is 0. The maximum absolute atomic E-state index is 11.6. The zero-order valence-corrected chi connectivity index (χ0v) is 14.2. The SMILES string of the molecule is [2H][13C]([2H])([2H])N(CCOc1ccc(CC2SC(=O)NC2=O)cc1)c1ccccn1. The summed E-state index contributed by atoms with van der Waals surface area (Å²) in [5.74, 6) is 0.688. The topological polar surface area (TPSA) is 71.5 Å². The minimum absolute atomic E-state index is 0.149. The normalized spacial score (nSPS) is 18.9. The fourth-order valence-corrected chi connectivity index (χ4v) is 3.21. The van der Waals surface area contributed by atoms with Crippen LogP contribution in [0, 0.1) is 0 Å². The van der Waals surface area contributed by atoms with Crippen LogP contribution >= 0.6 is 11.8 Å². The summed E-state index contributed by atoms with van der Waals surface area (Å²) in [5, 5.41) is 1.54. The molecule has 1 fully saturated rings. The van der Waals surface area contributed by atoms with Crippen LogP contribution in [0.15, 0.2) is 48.7 Å². The summed E-state index contributed by atoms with van der Waals surface area (Å²) in [4.78, 5) is 28.2. The lowest BCUT2D eigenvalue weighted by Gasteiger charge is -2.18. The molecule has 1 aromatic carbocycles. The number of rotatable bonds is 7. The Morgan fingerprint density at radius 2 is 2.12 bits per heavy atom. The lowest BCUT2D eigenvalue weighted by molar-refractivity contribution is -0.118. The number of likely N-dealkylation sites (N-methyl/N-ethyl adjacent to an activating group) is 1. The van der Waals surface area contributed by atoms with Gasteiger partial charge in [0.15, 0.2) is 0 Å². The molecule has 0 spiro atoms. The van der Waals surface area contributed by atoms with Crippen molar-refractivity contribution in [2.75, 3.05) is 25.0 Å². The van der Waals surface area contributed by atoms with Gasteiger partial charge < -0.3 is 9.64 Å². The van der Waals surface area contributed by atoms with Gasteiger partial charge in [0.2, 0.25) is 5.91 Å². The van der Waals surface area contributed by atoms with Gasteiger partial charge in [0, 0.05) is 17.3 Å². The number of ether oxygens (including phenoxy) is 1. The predicted molar refractivity (Wildman–Crippen MR) is 98.1 cm³/mol. The quantitative estimate of drug-likeness (QED) is 0.764. The number of amides is 2. The molecule has 1 atom stereocenters. The van der Waals surface area contributed by atoms with E-state index in [1.54, 1.807) is 36.5 Å². The first-order valence-corrected chi connectivity index (χ1v) is 8.63. The van der Waals surface area contributed by atoms with E-state index in [1.165, 1.54) is 4.90 Å². The zero-order valence-electron chi connectivity index (χ0n) is 16.3. The molecule has 1 unspecified atom stereocenters. The number of thioether (sulfide) groups is 1. The van der Waals surface area contributed by atoms with Gasteiger partial charge >= 0.3 is 0 Å². The second-order valence-corrected chi connectivity index (χ2v) is 6.59. The van der Waals surface area contributed by atoms with Crippen molar-refractivity contribution in [3.63, 3.8) is 0 Å². The largest absolute Gasteiger partial charge is 0.492 e. The van der Waals surface area contributed by atoms with Crippen LogP contribution in [0.25, 0.3) is 0 Å². The number of nitrogens with one attached hydrogen (secondary N) is 1. The van der Waals surface area contributed by atoms with E-state index < -0.39 is 12.2 Å². The molecule has 2 amide bonds. The van der Waals surface area contributed by atoms with E-state index >= 15 is 0 Å². The minimum Gasteiger partial charge on any atom is -0.492 e. The Morgan fingerprint density at radius 3 is 2.76 bits per heavy atom. The standard InChI is InChI=1S/C18H19N3O3S/c1-21(16-4-2-3-9-19-16)10-11-24-14-7-5-13(6-8-14)12-15-17(22)20-18(23)25-15/h2-9,15H,10-12H2,1H3,(H,20,22,23)/i1+1D3. The molecule has 2 aromatic rings. The highest BCUT2D eigenvalue weighted by Crippen LogP contribution is 2.23. The number of carbonyl (C=O) groups excluding carboxylic acids is 2. The number of aromatic nitrogens is 1. The molecule has 3 rings (SSSR count). The Bertz CT molecular complexity index is 831. The first-order chi connectivity index (χ1) is 13.3. The average Bonchev–Trinajstić information content (AvgIpc) is 2.97. The molecule has 6 nitrogen and oxygen atoms in total. The molecule has 0 bridgehead atoms. The van der Waals surface area contributed by atoms with Crippen molar-refractivity contribution >= 4 is 28.7 Å². The van der Waals surface area contributed by atoms with Crippen LogP contribution in [0.4, 0.5) is 10.6 Å². The fourth-order valence-electron chi connectivity index (χ4n) is 2.35. The van der Waals surface area contributed by atoms with Gasteiger partial charge in [0.25, 0.3) is 5.24 Å². The highest BCUT2D eigenvalue weighted by atomic mass is 32.2. The highest BCUT2D eigenvalue weighted by Gasteiger charge is 2.31. The second-order valence-electron chi connectivity index (χ2n) is 5.42. The Kier molecular flexibility index (Phi) is 4.40. The number of benzene rings is 1. The van der Waals surface area contributed by atoms with Crippen LogP contribution in [0.5, 0.6) is 5.75 Å².